The van der Waals surface area contributed by atoms with E-state index in [9.17, 15) is 18.0 Å². The van der Waals surface area contributed by atoms with E-state index in [1.54, 1.807) is 6.07 Å². The fourth-order valence-electron chi connectivity index (χ4n) is 3.15. The van der Waals surface area contributed by atoms with Gasteiger partial charge >= 0.3 is 6.18 Å². The Hall–Kier alpha value is -1.83. The van der Waals surface area contributed by atoms with Crippen molar-refractivity contribution in [3.05, 3.63) is 23.9 Å². The largest absolute Gasteiger partial charge is 0.433 e. The topological polar surface area (TPSA) is 45.7 Å². The van der Waals surface area contributed by atoms with Gasteiger partial charge in [0, 0.05) is 32.1 Å². The lowest BCUT2D eigenvalue weighted by Gasteiger charge is -2.36. The quantitative estimate of drug-likeness (QED) is 0.826. The molecule has 24 heavy (non-hydrogen) atoms. The van der Waals surface area contributed by atoms with Crippen LogP contribution in [0.3, 0.4) is 0 Å². The van der Waals surface area contributed by atoms with Crippen molar-refractivity contribution < 1.29 is 22.7 Å². The van der Waals surface area contributed by atoms with E-state index in [2.05, 4.69) is 4.98 Å². The van der Waals surface area contributed by atoms with Gasteiger partial charge in [0.15, 0.2) is 0 Å². The standard InChI is InChI=1S/C16H20F3N3O2/c17-16(18,19)13-2-1-3-14(20-13)21-6-4-12(5-7-21)15(23)22-8-10-24-11-9-22/h1-3,12H,4-11H2. The van der Waals surface area contributed by atoms with Crippen LogP contribution in [-0.4, -0.2) is 55.2 Å². The van der Waals surface area contributed by atoms with Crippen LogP contribution in [0.25, 0.3) is 0 Å². The number of pyridine rings is 1. The predicted octanol–water partition coefficient (Wildman–Crippen LogP) is 2.18. The Balaban J connectivity index is 1.60. The molecule has 1 amide bonds. The molecule has 2 aliphatic heterocycles. The zero-order valence-corrected chi connectivity index (χ0v) is 13.3. The maximum Gasteiger partial charge on any atom is 0.433 e. The molecule has 0 N–H and O–H groups in total. The summed E-state index contributed by atoms with van der Waals surface area (Å²) in [6, 6.07) is 3.92. The van der Waals surface area contributed by atoms with Gasteiger partial charge in [0.05, 0.1) is 13.2 Å². The second-order valence-corrected chi connectivity index (χ2v) is 6.08. The fourth-order valence-corrected chi connectivity index (χ4v) is 3.15. The number of piperidine rings is 1. The monoisotopic (exact) mass is 343 g/mol. The van der Waals surface area contributed by atoms with Crippen molar-refractivity contribution in [1.82, 2.24) is 9.88 Å². The van der Waals surface area contributed by atoms with Crippen LogP contribution in [0.5, 0.6) is 0 Å². The molecule has 8 heteroatoms. The van der Waals surface area contributed by atoms with Crippen LogP contribution >= 0.6 is 0 Å². The zero-order chi connectivity index (χ0) is 17.2. The van der Waals surface area contributed by atoms with Crippen molar-refractivity contribution in [3.8, 4) is 0 Å². The molecule has 5 nitrogen and oxygen atoms in total. The summed E-state index contributed by atoms with van der Waals surface area (Å²) in [5.74, 6) is 0.391. The number of rotatable bonds is 2. The van der Waals surface area contributed by atoms with Crippen molar-refractivity contribution in [1.29, 1.82) is 0 Å². The molecule has 3 heterocycles. The third-order valence-corrected chi connectivity index (χ3v) is 4.52. The van der Waals surface area contributed by atoms with Crippen molar-refractivity contribution in [2.75, 3.05) is 44.3 Å². The van der Waals surface area contributed by atoms with Gasteiger partial charge in [-0.1, -0.05) is 6.07 Å². The van der Waals surface area contributed by atoms with Crippen LogP contribution in [-0.2, 0) is 15.7 Å². The van der Waals surface area contributed by atoms with Gasteiger partial charge in [-0.05, 0) is 25.0 Å². The summed E-state index contributed by atoms with van der Waals surface area (Å²) in [4.78, 5) is 19.8. The summed E-state index contributed by atoms with van der Waals surface area (Å²) < 4.78 is 43.6. The Morgan fingerprint density at radius 2 is 1.79 bits per heavy atom. The van der Waals surface area contributed by atoms with Crippen LogP contribution in [0.2, 0.25) is 0 Å². The van der Waals surface area contributed by atoms with E-state index in [4.69, 9.17) is 4.74 Å². The number of hydrogen-bond donors (Lipinski definition) is 0. The molecule has 0 bridgehead atoms. The number of ether oxygens (including phenoxy) is 1. The van der Waals surface area contributed by atoms with E-state index in [1.165, 1.54) is 6.07 Å². The first-order valence-electron chi connectivity index (χ1n) is 8.11. The summed E-state index contributed by atoms with van der Waals surface area (Å²) in [5.41, 5.74) is -0.883. The first-order valence-corrected chi connectivity index (χ1v) is 8.11. The van der Waals surface area contributed by atoms with Crippen molar-refractivity contribution in [3.63, 3.8) is 0 Å². The molecule has 132 valence electrons. The van der Waals surface area contributed by atoms with Gasteiger partial charge in [0.1, 0.15) is 11.5 Å². The highest BCUT2D eigenvalue weighted by Crippen LogP contribution is 2.30. The molecule has 1 aromatic rings. The molecule has 0 saturated carbocycles. The van der Waals surface area contributed by atoms with E-state index in [1.807, 2.05) is 9.80 Å². The molecule has 0 radical (unpaired) electrons. The van der Waals surface area contributed by atoms with Gasteiger partial charge in [-0.25, -0.2) is 4.98 Å². The van der Waals surface area contributed by atoms with Gasteiger partial charge in [0.2, 0.25) is 5.91 Å². The van der Waals surface area contributed by atoms with E-state index in [0.29, 0.717) is 58.1 Å². The normalized spacial score (nSPS) is 20.3. The number of morpholine rings is 1. The van der Waals surface area contributed by atoms with Crippen molar-refractivity contribution in [2.45, 2.75) is 19.0 Å². The lowest BCUT2D eigenvalue weighted by molar-refractivity contribution is -0.141. The number of carbonyl (C=O) groups excluding carboxylic acids is 1. The molecule has 2 saturated heterocycles. The van der Waals surface area contributed by atoms with Crippen LogP contribution in [0.4, 0.5) is 19.0 Å². The molecular weight excluding hydrogens is 323 g/mol. The Labute approximate surface area is 138 Å². The SMILES string of the molecule is O=C(C1CCN(c2cccc(C(F)(F)F)n2)CC1)N1CCOCC1. The maximum absolute atomic E-state index is 12.8. The lowest BCUT2D eigenvalue weighted by Crippen LogP contribution is -2.47. The zero-order valence-electron chi connectivity index (χ0n) is 13.3. The molecule has 0 aliphatic carbocycles. The molecule has 3 rings (SSSR count). The average molecular weight is 343 g/mol. The number of alkyl halides is 3. The summed E-state index contributed by atoms with van der Waals surface area (Å²) in [6.07, 6.45) is -3.18. The average Bonchev–Trinajstić information content (AvgIpc) is 2.61. The Morgan fingerprint density at radius 1 is 1.12 bits per heavy atom. The third kappa shape index (κ3) is 3.80. The summed E-state index contributed by atoms with van der Waals surface area (Å²) in [5, 5.41) is 0. The van der Waals surface area contributed by atoms with E-state index in [-0.39, 0.29) is 11.8 Å². The predicted molar refractivity (Wildman–Crippen MR) is 81.6 cm³/mol. The number of anilines is 1. The number of aromatic nitrogens is 1. The van der Waals surface area contributed by atoms with Gasteiger partial charge in [-0.15, -0.1) is 0 Å². The molecule has 0 unspecified atom stereocenters. The summed E-state index contributed by atoms with van der Waals surface area (Å²) >= 11 is 0. The second kappa shape index (κ2) is 6.96. The van der Waals surface area contributed by atoms with Crippen LogP contribution in [0, 0.1) is 5.92 Å². The van der Waals surface area contributed by atoms with Gasteiger partial charge in [0.25, 0.3) is 0 Å². The number of halogens is 3. The molecule has 0 spiro atoms. The second-order valence-electron chi connectivity index (χ2n) is 6.08. The van der Waals surface area contributed by atoms with Crippen molar-refractivity contribution in [2.24, 2.45) is 5.92 Å². The number of nitrogens with zero attached hydrogens (tertiary/aromatic N) is 3. The van der Waals surface area contributed by atoms with Gasteiger partial charge < -0.3 is 14.5 Å². The van der Waals surface area contributed by atoms with E-state index >= 15 is 0 Å². The Morgan fingerprint density at radius 3 is 2.42 bits per heavy atom. The van der Waals surface area contributed by atoms with E-state index in [0.717, 1.165) is 6.07 Å². The highest BCUT2D eigenvalue weighted by atomic mass is 19.4. The minimum atomic E-state index is -4.44. The Kier molecular flexibility index (Phi) is 4.93. The van der Waals surface area contributed by atoms with Crippen LogP contribution in [0.1, 0.15) is 18.5 Å². The van der Waals surface area contributed by atoms with Crippen molar-refractivity contribution >= 4 is 11.7 Å². The lowest BCUT2D eigenvalue weighted by atomic mass is 9.95. The highest BCUT2D eigenvalue weighted by molar-refractivity contribution is 5.79. The number of hydrogen-bond acceptors (Lipinski definition) is 4. The first kappa shape index (κ1) is 17.0. The molecule has 0 atom stereocenters. The smallest absolute Gasteiger partial charge is 0.378 e. The van der Waals surface area contributed by atoms with Gasteiger partial charge in [-0.3, -0.25) is 4.79 Å². The number of amides is 1. The highest BCUT2D eigenvalue weighted by Gasteiger charge is 2.34. The van der Waals surface area contributed by atoms with Crippen LogP contribution in [0.15, 0.2) is 18.2 Å². The minimum Gasteiger partial charge on any atom is -0.378 e. The summed E-state index contributed by atoms with van der Waals surface area (Å²) in [7, 11) is 0. The molecule has 2 fully saturated rings. The first-order chi connectivity index (χ1) is 11.4. The van der Waals surface area contributed by atoms with Gasteiger partial charge in [-0.2, -0.15) is 13.2 Å². The van der Waals surface area contributed by atoms with E-state index < -0.39 is 11.9 Å². The molecular formula is C16H20F3N3O2. The summed E-state index contributed by atoms with van der Waals surface area (Å²) in [6.45, 7) is 3.45. The van der Waals surface area contributed by atoms with Crippen LogP contribution < -0.4 is 4.90 Å². The Bertz CT molecular complexity index is 580. The minimum absolute atomic E-state index is 0.0647. The molecule has 0 aromatic carbocycles. The molecule has 1 aromatic heterocycles. The fraction of sp³-hybridized carbons (Fsp3) is 0.625. The number of carbonyl (C=O) groups is 1. The maximum atomic E-state index is 12.8. The molecule has 2 aliphatic rings. The third-order valence-electron chi connectivity index (χ3n) is 4.52.